The molecule has 136 valence electrons. The molecule has 0 fully saturated rings. The minimum absolute atomic E-state index is 0.610. The lowest BCUT2D eigenvalue weighted by Gasteiger charge is -2.22. The Morgan fingerprint density at radius 1 is 1.44 bits per heavy atom. The second kappa shape index (κ2) is 8.24. The second-order valence-corrected chi connectivity index (χ2v) is 9.81. The van der Waals surface area contributed by atoms with Gasteiger partial charge in [0, 0.05) is 4.90 Å². The van der Waals surface area contributed by atoms with Crippen LogP contribution in [-0.4, -0.2) is 42.0 Å². The van der Waals surface area contributed by atoms with Crippen LogP contribution in [0.15, 0.2) is 47.0 Å². The van der Waals surface area contributed by atoms with E-state index >= 15 is 0 Å². The molecule has 2 aromatic rings. The fourth-order valence-corrected chi connectivity index (χ4v) is 6.31. The summed E-state index contributed by atoms with van der Waals surface area (Å²) in [4.78, 5) is 2.69. The van der Waals surface area contributed by atoms with E-state index in [0.29, 0.717) is 5.03 Å². The van der Waals surface area contributed by atoms with E-state index in [1.165, 1.54) is 23.4 Å². The van der Waals surface area contributed by atoms with Crippen LogP contribution >= 0.6 is 34.4 Å². The van der Waals surface area contributed by atoms with Gasteiger partial charge in [-0.15, -0.1) is 10.7 Å². The Kier molecular flexibility index (Phi) is 6.74. The van der Waals surface area contributed by atoms with Crippen molar-refractivity contribution in [3.63, 3.8) is 0 Å². The van der Waals surface area contributed by atoms with E-state index in [2.05, 4.69) is 47.3 Å². The Morgan fingerprint density at radius 3 is 2.68 bits per heavy atom. The molecule has 0 aliphatic heterocycles. The van der Waals surface area contributed by atoms with E-state index < -0.39 is 15.4 Å². The molecular formula is C17H22IN3O2S2. The van der Waals surface area contributed by atoms with E-state index in [-0.39, 0.29) is 0 Å². The maximum atomic E-state index is 13.0. The third kappa shape index (κ3) is 4.12. The Bertz CT molecular complexity index is 876. The third-order valence-electron chi connectivity index (χ3n) is 3.78. The molecule has 0 spiro atoms. The monoisotopic (exact) mass is 491 g/mol. The van der Waals surface area contributed by atoms with Crippen LogP contribution < -0.4 is 0 Å². The largest absolute Gasteiger partial charge is 0.289 e. The molecule has 0 bridgehead atoms. The Morgan fingerprint density at radius 2 is 2.12 bits per heavy atom. The first-order chi connectivity index (χ1) is 11.7. The summed E-state index contributed by atoms with van der Waals surface area (Å²) in [7, 11) is -0.305. The number of aryl methyl sites for hydroxylation is 2. The Hall–Kier alpha value is -0.840. The third-order valence-corrected chi connectivity index (χ3v) is 8.41. The second-order valence-electron chi connectivity index (χ2n) is 5.79. The van der Waals surface area contributed by atoms with Crippen LogP contribution in [0, 0.1) is 10.5 Å². The van der Waals surface area contributed by atoms with Crippen LogP contribution in [-0.2, 0) is 16.4 Å². The van der Waals surface area contributed by atoms with Gasteiger partial charge in [-0.1, -0.05) is 43.0 Å². The molecule has 1 heterocycles. The van der Waals surface area contributed by atoms with Crippen LogP contribution in [0.2, 0.25) is 0 Å². The summed E-state index contributed by atoms with van der Waals surface area (Å²) >= 11 is 3.58. The topological polar surface area (TPSA) is 55.2 Å². The molecule has 0 aliphatic rings. The number of aromatic nitrogens is 2. The van der Waals surface area contributed by atoms with Gasteiger partial charge in [0.05, 0.1) is 9.77 Å². The molecule has 0 saturated heterocycles. The SMILES string of the molecule is C=CC(N(C)C)S(=O)(=O)n1ncc(I)c1Sc1c(C)cccc1CC. The molecule has 5 nitrogen and oxygen atoms in total. The number of rotatable bonds is 7. The number of hydrogen-bond acceptors (Lipinski definition) is 5. The molecule has 8 heteroatoms. The van der Waals surface area contributed by atoms with Crippen molar-refractivity contribution in [3.8, 4) is 0 Å². The van der Waals surface area contributed by atoms with Crippen molar-refractivity contribution >= 4 is 44.4 Å². The molecule has 1 atom stereocenters. The average molecular weight is 491 g/mol. The summed E-state index contributed by atoms with van der Waals surface area (Å²) in [6.07, 6.45) is 3.89. The fourth-order valence-electron chi connectivity index (χ4n) is 2.51. The molecule has 2 rings (SSSR count). The highest BCUT2D eigenvalue weighted by molar-refractivity contribution is 14.1. The van der Waals surface area contributed by atoms with Gasteiger partial charge < -0.3 is 0 Å². The van der Waals surface area contributed by atoms with Gasteiger partial charge in [-0.25, -0.2) is 8.42 Å². The summed E-state index contributed by atoms with van der Waals surface area (Å²) in [6, 6.07) is 6.14. The van der Waals surface area contributed by atoms with Crippen molar-refractivity contribution in [3.05, 3.63) is 51.7 Å². The smallest absolute Gasteiger partial charge is 0.274 e. The molecule has 1 unspecified atom stereocenters. The number of halogens is 1. The highest BCUT2D eigenvalue weighted by Gasteiger charge is 2.31. The van der Waals surface area contributed by atoms with Crippen LogP contribution in [0.5, 0.6) is 0 Å². The lowest BCUT2D eigenvalue weighted by atomic mass is 10.1. The summed E-state index contributed by atoms with van der Waals surface area (Å²) in [5.74, 6) is 0. The number of benzene rings is 1. The molecule has 25 heavy (non-hydrogen) atoms. The lowest BCUT2D eigenvalue weighted by molar-refractivity contribution is 0.401. The normalized spacial score (nSPS) is 13.2. The minimum Gasteiger partial charge on any atom is -0.289 e. The van der Waals surface area contributed by atoms with Crippen molar-refractivity contribution in [1.29, 1.82) is 0 Å². The first-order valence-corrected chi connectivity index (χ1v) is 11.2. The van der Waals surface area contributed by atoms with Crippen LogP contribution in [0.3, 0.4) is 0 Å². The van der Waals surface area contributed by atoms with Gasteiger partial charge in [-0.2, -0.15) is 5.10 Å². The van der Waals surface area contributed by atoms with Crippen molar-refractivity contribution in [2.24, 2.45) is 0 Å². The number of hydrogen-bond donors (Lipinski definition) is 0. The zero-order valence-corrected chi connectivity index (χ0v) is 18.5. The van der Waals surface area contributed by atoms with Gasteiger partial charge in [0.2, 0.25) is 0 Å². The van der Waals surface area contributed by atoms with Gasteiger partial charge in [0.25, 0.3) is 10.0 Å². The molecule has 0 radical (unpaired) electrons. The molecular weight excluding hydrogens is 469 g/mol. The maximum absolute atomic E-state index is 13.0. The summed E-state index contributed by atoms with van der Waals surface area (Å²) < 4.78 is 28.0. The Balaban J connectivity index is 2.57. The quantitative estimate of drug-likeness (QED) is 0.436. The summed E-state index contributed by atoms with van der Waals surface area (Å²) in [6.45, 7) is 7.80. The van der Waals surface area contributed by atoms with Gasteiger partial charge in [-0.3, -0.25) is 4.90 Å². The lowest BCUT2D eigenvalue weighted by Crippen LogP contribution is -2.38. The van der Waals surface area contributed by atoms with Crippen LogP contribution in [0.25, 0.3) is 0 Å². The zero-order valence-electron chi connectivity index (χ0n) is 14.7. The van der Waals surface area contributed by atoms with Gasteiger partial charge in [0.1, 0.15) is 5.03 Å². The predicted octanol–water partition coefficient (Wildman–Crippen LogP) is 3.76. The maximum Gasteiger partial charge on any atom is 0.274 e. The molecule has 0 aliphatic carbocycles. The molecule has 0 N–H and O–H groups in total. The highest BCUT2D eigenvalue weighted by Crippen LogP contribution is 2.37. The van der Waals surface area contributed by atoms with Crippen LogP contribution in [0.4, 0.5) is 0 Å². The molecule has 0 amide bonds. The average Bonchev–Trinajstić information content (AvgIpc) is 2.91. The van der Waals surface area contributed by atoms with Gasteiger partial charge in [0.15, 0.2) is 5.37 Å². The van der Waals surface area contributed by atoms with E-state index in [1.54, 1.807) is 25.2 Å². The van der Waals surface area contributed by atoms with E-state index in [4.69, 9.17) is 0 Å². The fraction of sp³-hybridized carbons (Fsp3) is 0.353. The highest BCUT2D eigenvalue weighted by atomic mass is 127. The van der Waals surface area contributed by atoms with E-state index in [1.807, 2.05) is 19.1 Å². The summed E-state index contributed by atoms with van der Waals surface area (Å²) in [5, 5.41) is 3.91. The minimum atomic E-state index is -3.72. The van der Waals surface area contributed by atoms with Crippen molar-refractivity contribution in [2.45, 2.75) is 35.6 Å². The summed E-state index contributed by atoms with van der Waals surface area (Å²) in [5.41, 5.74) is 2.32. The van der Waals surface area contributed by atoms with Crippen LogP contribution in [0.1, 0.15) is 18.1 Å². The zero-order chi connectivity index (χ0) is 18.8. The van der Waals surface area contributed by atoms with Gasteiger partial charge >= 0.3 is 0 Å². The van der Waals surface area contributed by atoms with E-state index in [9.17, 15) is 8.42 Å². The first kappa shape index (κ1) is 20.5. The predicted molar refractivity (Wildman–Crippen MR) is 112 cm³/mol. The molecule has 1 aromatic heterocycles. The standard InChI is InChI=1S/C17H22IN3O2S2/c1-6-13-10-8-9-12(3)16(13)24-17-14(18)11-19-21(17)25(22,23)15(7-2)20(4)5/h7-11,15H,2,6H2,1,3-5H3. The number of nitrogens with zero attached hydrogens (tertiary/aromatic N) is 3. The van der Waals surface area contributed by atoms with Gasteiger partial charge in [-0.05, 0) is 61.2 Å². The Labute approximate surface area is 167 Å². The number of likely N-dealkylation sites (N-methyl/N-ethyl adjacent to an activating group) is 1. The van der Waals surface area contributed by atoms with E-state index in [0.717, 1.165) is 24.5 Å². The van der Waals surface area contributed by atoms with Crippen molar-refractivity contribution in [2.75, 3.05) is 14.1 Å². The molecule has 1 aromatic carbocycles. The molecule has 0 saturated carbocycles. The first-order valence-electron chi connectivity index (χ1n) is 7.77. The van der Waals surface area contributed by atoms with Crippen molar-refractivity contribution < 1.29 is 8.42 Å². The van der Waals surface area contributed by atoms with Crippen molar-refractivity contribution in [1.82, 2.24) is 14.1 Å².